The van der Waals surface area contributed by atoms with Crippen molar-refractivity contribution >= 4 is 21.6 Å². The highest BCUT2D eigenvalue weighted by molar-refractivity contribution is 9.10. The number of hydrogen-bond donors (Lipinski definition) is 1. The number of methoxy groups -OCH3 is 1. The van der Waals surface area contributed by atoms with E-state index in [0.717, 1.165) is 15.9 Å². The van der Waals surface area contributed by atoms with E-state index < -0.39 is 6.10 Å². The van der Waals surface area contributed by atoms with E-state index in [-0.39, 0.29) is 6.04 Å². The lowest BCUT2D eigenvalue weighted by molar-refractivity contribution is 0.168. The van der Waals surface area contributed by atoms with Gasteiger partial charge in [-0.15, -0.1) is 0 Å². The SMILES string of the molecule is COc1ccc(N=NC(C)[C@H](C)O)cc1Br. The normalized spacial score (nSPS) is 15.1. The van der Waals surface area contributed by atoms with Crippen LogP contribution in [0, 0.1) is 0 Å². The van der Waals surface area contributed by atoms with Crippen LogP contribution in [0.5, 0.6) is 5.75 Å². The molecule has 0 bridgehead atoms. The maximum Gasteiger partial charge on any atom is 0.133 e. The maximum absolute atomic E-state index is 9.25. The van der Waals surface area contributed by atoms with Gasteiger partial charge in [0, 0.05) is 0 Å². The zero-order valence-corrected chi connectivity index (χ0v) is 11.1. The lowest BCUT2D eigenvalue weighted by Crippen LogP contribution is -2.15. The predicted octanol–water partition coefficient (Wildman–Crippen LogP) is 3.31. The molecule has 0 heterocycles. The van der Waals surface area contributed by atoms with Crippen LogP contribution in [-0.4, -0.2) is 24.4 Å². The highest BCUT2D eigenvalue weighted by Gasteiger charge is 2.06. The molecule has 0 saturated carbocycles. The minimum absolute atomic E-state index is 0.208. The van der Waals surface area contributed by atoms with Gasteiger partial charge in [0.1, 0.15) is 5.75 Å². The van der Waals surface area contributed by atoms with Gasteiger partial charge in [-0.3, -0.25) is 0 Å². The summed E-state index contributed by atoms with van der Waals surface area (Å²) >= 11 is 3.37. The predicted molar refractivity (Wildman–Crippen MR) is 66.4 cm³/mol. The van der Waals surface area contributed by atoms with Gasteiger partial charge in [0.15, 0.2) is 0 Å². The number of benzene rings is 1. The van der Waals surface area contributed by atoms with E-state index in [9.17, 15) is 5.11 Å². The topological polar surface area (TPSA) is 54.2 Å². The van der Waals surface area contributed by atoms with Crippen LogP contribution in [0.2, 0.25) is 0 Å². The maximum atomic E-state index is 9.25. The Balaban J connectivity index is 2.79. The molecule has 1 aromatic rings. The smallest absolute Gasteiger partial charge is 0.133 e. The van der Waals surface area contributed by atoms with Gasteiger partial charge in [0.05, 0.1) is 29.4 Å². The largest absolute Gasteiger partial charge is 0.496 e. The minimum atomic E-state index is -0.495. The molecule has 0 aliphatic heterocycles. The fourth-order valence-electron chi connectivity index (χ4n) is 0.972. The van der Waals surface area contributed by atoms with Gasteiger partial charge >= 0.3 is 0 Å². The van der Waals surface area contributed by atoms with E-state index in [2.05, 4.69) is 26.2 Å². The van der Waals surface area contributed by atoms with E-state index in [0.29, 0.717) is 0 Å². The Labute approximate surface area is 103 Å². The van der Waals surface area contributed by atoms with E-state index in [1.165, 1.54) is 0 Å². The van der Waals surface area contributed by atoms with Crippen molar-refractivity contribution in [2.75, 3.05) is 7.11 Å². The number of nitrogens with zero attached hydrogens (tertiary/aromatic N) is 2. The van der Waals surface area contributed by atoms with Crippen molar-refractivity contribution in [3.63, 3.8) is 0 Å². The Bertz CT molecular complexity index is 380. The summed E-state index contributed by atoms with van der Waals surface area (Å²) in [5.41, 5.74) is 0.722. The van der Waals surface area contributed by atoms with Crippen LogP contribution in [0.1, 0.15) is 13.8 Å². The fourth-order valence-corrected chi connectivity index (χ4v) is 1.50. The van der Waals surface area contributed by atoms with Gasteiger partial charge in [-0.1, -0.05) is 0 Å². The van der Waals surface area contributed by atoms with Crippen molar-refractivity contribution in [2.24, 2.45) is 10.2 Å². The molecule has 1 rings (SSSR count). The van der Waals surface area contributed by atoms with Gasteiger partial charge in [-0.05, 0) is 48.0 Å². The Morgan fingerprint density at radius 3 is 2.56 bits per heavy atom. The Morgan fingerprint density at radius 2 is 2.06 bits per heavy atom. The molecule has 0 fully saturated rings. The molecule has 1 aromatic carbocycles. The fraction of sp³-hybridized carbons (Fsp3) is 0.455. The molecular weight excluding hydrogens is 272 g/mol. The van der Waals surface area contributed by atoms with E-state index in [1.54, 1.807) is 14.0 Å². The molecule has 0 aromatic heterocycles. The van der Waals surface area contributed by atoms with Crippen LogP contribution in [0.4, 0.5) is 5.69 Å². The molecule has 1 N–H and O–H groups in total. The van der Waals surface area contributed by atoms with Crippen molar-refractivity contribution in [3.8, 4) is 5.75 Å². The zero-order chi connectivity index (χ0) is 12.1. The standard InChI is InChI=1S/C11H15BrN2O2/c1-7(8(2)15)13-14-9-4-5-11(16-3)10(12)6-9/h4-8,15H,1-3H3/t7?,8-/m0/s1. The number of aliphatic hydroxyl groups is 1. The molecule has 16 heavy (non-hydrogen) atoms. The van der Waals surface area contributed by atoms with E-state index in [4.69, 9.17) is 4.74 Å². The van der Waals surface area contributed by atoms with Crippen molar-refractivity contribution in [1.82, 2.24) is 0 Å². The average molecular weight is 287 g/mol. The van der Waals surface area contributed by atoms with Crippen molar-refractivity contribution in [2.45, 2.75) is 26.0 Å². The summed E-state index contributed by atoms with van der Waals surface area (Å²) in [6.45, 7) is 3.50. The molecule has 4 nitrogen and oxygen atoms in total. The summed E-state index contributed by atoms with van der Waals surface area (Å²) in [5.74, 6) is 0.752. The van der Waals surface area contributed by atoms with Crippen LogP contribution >= 0.6 is 15.9 Å². The molecule has 0 spiro atoms. The van der Waals surface area contributed by atoms with E-state index in [1.807, 2.05) is 25.1 Å². The summed E-state index contributed by atoms with van der Waals surface area (Å²) in [6.07, 6.45) is -0.495. The number of azo groups is 1. The summed E-state index contributed by atoms with van der Waals surface area (Å²) in [4.78, 5) is 0. The average Bonchev–Trinajstić information content (AvgIpc) is 2.25. The summed E-state index contributed by atoms with van der Waals surface area (Å²) in [5, 5.41) is 17.3. The number of ether oxygens (including phenoxy) is 1. The van der Waals surface area contributed by atoms with E-state index >= 15 is 0 Å². The van der Waals surface area contributed by atoms with Gasteiger partial charge < -0.3 is 9.84 Å². The van der Waals surface area contributed by atoms with Crippen LogP contribution in [0.25, 0.3) is 0 Å². The lowest BCUT2D eigenvalue weighted by atomic mass is 10.2. The Kier molecular flexibility index (Phi) is 4.89. The number of aliphatic hydroxyl groups excluding tert-OH is 1. The third-order valence-corrected chi connectivity index (χ3v) is 2.81. The van der Waals surface area contributed by atoms with Crippen LogP contribution < -0.4 is 4.74 Å². The molecule has 0 aliphatic carbocycles. The van der Waals surface area contributed by atoms with Crippen LogP contribution in [0.15, 0.2) is 32.9 Å². The summed E-state index contributed by atoms with van der Waals surface area (Å²) < 4.78 is 5.93. The minimum Gasteiger partial charge on any atom is -0.496 e. The summed E-state index contributed by atoms with van der Waals surface area (Å²) in [7, 11) is 1.61. The first-order valence-electron chi connectivity index (χ1n) is 4.97. The second-order valence-electron chi connectivity index (χ2n) is 3.52. The molecule has 5 heteroatoms. The quantitative estimate of drug-likeness (QED) is 0.864. The molecule has 0 radical (unpaired) electrons. The van der Waals surface area contributed by atoms with Gasteiger partial charge in [-0.25, -0.2) is 0 Å². The number of halogens is 1. The molecule has 1 unspecified atom stereocenters. The lowest BCUT2D eigenvalue weighted by Gasteiger charge is -2.07. The monoisotopic (exact) mass is 286 g/mol. The van der Waals surface area contributed by atoms with Gasteiger partial charge in [-0.2, -0.15) is 10.2 Å². The third kappa shape index (κ3) is 3.57. The second-order valence-corrected chi connectivity index (χ2v) is 4.37. The highest BCUT2D eigenvalue weighted by Crippen LogP contribution is 2.29. The Hall–Kier alpha value is -0.940. The first-order valence-corrected chi connectivity index (χ1v) is 5.76. The first-order chi connectivity index (χ1) is 7.54. The van der Waals surface area contributed by atoms with Gasteiger partial charge in [0.2, 0.25) is 0 Å². The van der Waals surface area contributed by atoms with Crippen LogP contribution in [-0.2, 0) is 0 Å². The van der Waals surface area contributed by atoms with Crippen LogP contribution in [0.3, 0.4) is 0 Å². The summed E-state index contributed by atoms with van der Waals surface area (Å²) in [6, 6.07) is 5.23. The third-order valence-electron chi connectivity index (χ3n) is 2.19. The molecule has 2 atom stereocenters. The van der Waals surface area contributed by atoms with Crippen molar-refractivity contribution in [1.29, 1.82) is 0 Å². The second kappa shape index (κ2) is 5.96. The molecule has 0 saturated heterocycles. The Morgan fingerprint density at radius 1 is 1.38 bits per heavy atom. The molecule has 0 amide bonds. The number of rotatable bonds is 4. The highest BCUT2D eigenvalue weighted by atomic mass is 79.9. The molecule has 0 aliphatic rings. The van der Waals surface area contributed by atoms with Crippen molar-refractivity contribution in [3.05, 3.63) is 22.7 Å². The van der Waals surface area contributed by atoms with Gasteiger partial charge in [0.25, 0.3) is 0 Å². The van der Waals surface area contributed by atoms with Crippen molar-refractivity contribution < 1.29 is 9.84 Å². The zero-order valence-electron chi connectivity index (χ0n) is 9.51. The molecule has 88 valence electrons. The number of hydrogen-bond acceptors (Lipinski definition) is 4. The molecular formula is C11H15BrN2O2. The first kappa shape index (κ1) is 13.1.